The van der Waals surface area contributed by atoms with Gasteiger partial charge in [0.2, 0.25) is 0 Å². The third-order valence-corrected chi connectivity index (χ3v) is 3.74. The van der Waals surface area contributed by atoms with E-state index < -0.39 is 0 Å². The van der Waals surface area contributed by atoms with Crippen LogP contribution in [0.5, 0.6) is 0 Å². The molecule has 1 N–H and O–H groups in total. The molecular weight excluding hydrogens is 307 g/mol. The van der Waals surface area contributed by atoms with Crippen LogP contribution in [0.15, 0.2) is 53.0 Å². The minimum atomic E-state index is -0.257. The molecule has 0 aliphatic carbocycles. The van der Waals surface area contributed by atoms with Gasteiger partial charge in [-0.1, -0.05) is 36.4 Å². The Labute approximate surface area is 121 Å². The van der Waals surface area contributed by atoms with E-state index in [1.165, 1.54) is 11.6 Å². The molecule has 0 aliphatic rings. The van der Waals surface area contributed by atoms with E-state index in [1.54, 1.807) is 12.1 Å². The molecular formula is C16H16BrFO. The average molecular weight is 323 g/mol. The van der Waals surface area contributed by atoms with Crippen molar-refractivity contribution in [3.05, 3.63) is 69.9 Å². The largest absolute Gasteiger partial charge is 0.396 e. The molecule has 1 unspecified atom stereocenters. The molecule has 2 aromatic carbocycles. The lowest BCUT2D eigenvalue weighted by Crippen LogP contribution is -2.13. The lowest BCUT2D eigenvalue weighted by Gasteiger charge is -2.14. The van der Waals surface area contributed by atoms with Crippen LogP contribution in [-0.4, -0.2) is 11.7 Å². The molecule has 0 amide bonds. The molecule has 0 spiro atoms. The van der Waals surface area contributed by atoms with Crippen molar-refractivity contribution in [2.75, 3.05) is 6.61 Å². The van der Waals surface area contributed by atoms with E-state index in [9.17, 15) is 9.50 Å². The van der Waals surface area contributed by atoms with Gasteiger partial charge in [0, 0.05) is 6.61 Å². The van der Waals surface area contributed by atoms with Crippen molar-refractivity contribution >= 4 is 15.9 Å². The molecule has 2 rings (SSSR count). The molecule has 2 aromatic rings. The van der Waals surface area contributed by atoms with Crippen LogP contribution >= 0.6 is 15.9 Å². The Balaban J connectivity index is 2.04. The molecule has 100 valence electrons. The molecule has 0 aliphatic heterocycles. The number of aliphatic hydroxyl groups excluding tert-OH is 1. The Morgan fingerprint density at radius 2 is 1.68 bits per heavy atom. The molecule has 1 atom stereocenters. The van der Waals surface area contributed by atoms with Gasteiger partial charge in [-0.05, 0) is 57.9 Å². The van der Waals surface area contributed by atoms with Crippen molar-refractivity contribution in [1.82, 2.24) is 0 Å². The smallest absolute Gasteiger partial charge is 0.137 e. The van der Waals surface area contributed by atoms with Crippen LogP contribution in [0.4, 0.5) is 4.39 Å². The third-order valence-electron chi connectivity index (χ3n) is 3.13. The maximum Gasteiger partial charge on any atom is 0.137 e. The molecule has 0 radical (unpaired) electrons. The van der Waals surface area contributed by atoms with E-state index in [-0.39, 0.29) is 18.3 Å². The van der Waals surface area contributed by atoms with E-state index >= 15 is 0 Å². The Kier molecular flexibility index (Phi) is 5.11. The molecule has 0 fully saturated rings. The molecule has 19 heavy (non-hydrogen) atoms. The zero-order valence-corrected chi connectivity index (χ0v) is 12.1. The van der Waals surface area contributed by atoms with Gasteiger partial charge >= 0.3 is 0 Å². The van der Waals surface area contributed by atoms with Crippen molar-refractivity contribution in [3.63, 3.8) is 0 Å². The molecule has 1 nitrogen and oxygen atoms in total. The summed E-state index contributed by atoms with van der Waals surface area (Å²) in [4.78, 5) is 0. The highest BCUT2D eigenvalue weighted by atomic mass is 79.9. The van der Waals surface area contributed by atoms with Gasteiger partial charge in [-0.3, -0.25) is 0 Å². The van der Waals surface area contributed by atoms with Crippen molar-refractivity contribution in [3.8, 4) is 0 Å². The van der Waals surface area contributed by atoms with Gasteiger partial charge in [0.15, 0.2) is 0 Å². The second kappa shape index (κ2) is 6.83. The fraction of sp³-hybridized carbons (Fsp3) is 0.250. The lowest BCUT2D eigenvalue weighted by molar-refractivity contribution is 0.225. The van der Waals surface area contributed by atoms with Gasteiger partial charge in [-0.2, -0.15) is 0 Å². The molecule has 0 aromatic heterocycles. The van der Waals surface area contributed by atoms with E-state index in [1.807, 2.05) is 18.2 Å². The number of rotatable bonds is 5. The predicted molar refractivity (Wildman–Crippen MR) is 78.5 cm³/mol. The Morgan fingerprint density at radius 3 is 2.32 bits per heavy atom. The van der Waals surface area contributed by atoms with E-state index in [2.05, 4.69) is 28.1 Å². The fourth-order valence-corrected chi connectivity index (χ4v) is 2.57. The van der Waals surface area contributed by atoms with E-state index in [4.69, 9.17) is 0 Å². The first-order valence-electron chi connectivity index (χ1n) is 6.27. The lowest BCUT2D eigenvalue weighted by atomic mass is 9.93. The predicted octanol–water partition coefficient (Wildman–Crippen LogP) is 3.98. The van der Waals surface area contributed by atoms with Crippen molar-refractivity contribution in [1.29, 1.82) is 0 Å². The fourth-order valence-electron chi connectivity index (χ4n) is 2.15. The normalized spacial score (nSPS) is 12.4. The molecule has 3 heteroatoms. The quantitative estimate of drug-likeness (QED) is 0.882. The minimum Gasteiger partial charge on any atom is -0.396 e. The molecule has 0 saturated heterocycles. The molecule has 0 bridgehead atoms. The van der Waals surface area contributed by atoms with Crippen molar-refractivity contribution < 1.29 is 9.50 Å². The maximum atomic E-state index is 13.2. The Bertz CT molecular complexity index is 528. The average Bonchev–Trinajstić information content (AvgIpc) is 2.43. The van der Waals surface area contributed by atoms with Crippen LogP contribution in [0.25, 0.3) is 0 Å². The SMILES string of the molecule is OCC(Cc1ccccc1)Cc1ccc(F)c(Br)c1. The summed E-state index contributed by atoms with van der Waals surface area (Å²) in [6.07, 6.45) is 1.57. The second-order valence-electron chi connectivity index (χ2n) is 4.69. The highest BCUT2D eigenvalue weighted by Gasteiger charge is 2.11. The first kappa shape index (κ1) is 14.2. The van der Waals surface area contributed by atoms with Gasteiger partial charge in [0.1, 0.15) is 5.82 Å². The van der Waals surface area contributed by atoms with E-state index in [0.29, 0.717) is 4.47 Å². The first-order chi connectivity index (χ1) is 9.19. The van der Waals surface area contributed by atoms with Gasteiger partial charge in [0.25, 0.3) is 0 Å². The Hall–Kier alpha value is -1.19. The summed E-state index contributed by atoms with van der Waals surface area (Å²) in [7, 11) is 0. The molecule has 0 saturated carbocycles. The summed E-state index contributed by atoms with van der Waals surface area (Å²) in [6, 6.07) is 15.1. The molecule has 0 heterocycles. The van der Waals surface area contributed by atoms with Crippen LogP contribution < -0.4 is 0 Å². The summed E-state index contributed by atoms with van der Waals surface area (Å²) in [5.74, 6) is -0.105. The topological polar surface area (TPSA) is 20.2 Å². The Morgan fingerprint density at radius 1 is 1.00 bits per heavy atom. The summed E-state index contributed by atoms with van der Waals surface area (Å²) >= 11 is 3.19. The number of benzene rings is 2. The summed E-state index contributed by atoms with van der Waals surface area (Å²) in [5, 5.41) is 9.49. The number of aliphatic hydroxyl groups is 1. The monoisotopic (exact) mass is 322 g/mol. The van der Waals surface area contributed by atoms with Gasteiger partial charge in [-0.15, -0.1) is 0 Å². The van der Waals surface area contributed by atoms with Crippen LogP contribution in [0.1, 0.15) is 11.1 Å². The van der Waals surface area contributed by atoms with Gasteiger partial charge in [-0.25, -0.2) is 4.39 Å². The number of hydrogen-bond donors (Lipinski definition) is 1. The number of hydrogen-bond acceptors (Lipinski definition) is 1. The van der Waals surface area contributed by atoms with Crippen LogP contribution in [-0.2, 0) is 12.8 Å². The van der Waals surface area contributed by atoms with Gasteiger partial charge < -0.3 is 5.11 Å². The highest BCUT2D eigenvalue weighted by Crippen LogP contribution is 2.20. The summed E-state index contributed by atoms with van der Waals surface area (Å²) < 4.78 is 13.6. The zero-order valence-electron chi connectivity index (χ0n) is 10.5. The van der Waals surface area contributed by atoms with Crippen molar-refractivity contribution in [2.24, 2.45) is 5.92 Å². The van der Waals surface area contributed by atoms with Crippen LogP contribution in [0.2, 0.25) is 0 Å². The minimum absolute atomic E-state index is 0.129. The van der Waals surface area contributed by atoms with Gasteiger partial charge in [0.05, 0.1) is 4.47 Å². The highest BCUT2D eigenvalue weighted by molar-refractivity contribution is 9.10. The first-order valence-corrected chi connectivity index (χ1v) is 7.07. The van der Waals surface area contributed by atoms with Crippen LogP contribution in [0.3, 0.4) is 0 Å². The third kappa shape index (κ3) is 4.15. The van der Waals surface area contributed by atoms with Crippen molar-refractivity contribution in [2.45, 2.75) is 12.8 Å². The second-order valence-corrected chi connectivity index (χ2v) is 5.55. The summed E-state index contributed by atoms with van der Waals surface area (Å²) in [6.45, 7) is 0.129. The standard InChI is InChI=1S/C16H16BrFO/c17-15-10-13(6-7-16(15)18)9-14(11-19)8-12-4-2-1-3-5-12/h1-7,10,14,19H,8-9,11H2. The van der Waals surface area contributed by atoms with E-state index in [0.717, 1.165) is 18.4 Å². The number of halogens is 2. The van der Waals surface area contributed by atoms with Crippen LogP contribution in [0, 0.1) is 11.7 Å². The zero-order chi connectivity index (χ0) is 13.7. The maximum absolute atomic E-state index is 13.2. The summed E-state index contributed by atoms with van der Waals surface area (Å²) in [5.41, 5.74) is 2.24.